The summed E-state index contributed by atoms with van der Waals surface area (Å²) in [5.74, 6) is -1.65. The molecule has 1 fully saturated rings. The lowest BCUT2D eigenvalue weighted by molar-refractivity contribution is -0.139. The van der Waals surface area contributed by atoms with Crippen molar-refractivity contribution >= 4 is 33.3 Å². The van der Waals surface area contributed by atoms with Gasteiger partial charge >= 0.3 is 0 Å². The summed E-state index contributed by atoms with van der Waals surface area (Å²) in [6.45, 7) is 0.120. The number of halogens is 2. The minimum atomic E-state index is -3.08. The van der Waals surface area contributed by atoms with Gasteiger partial charge in [0.1, 0.15) is 27.6 Å². The number of carbonyl (C=O) groups excluding carboxylic acids is 2. The molecule has 11 heteroatoms. The van der Waals surface area contributed by atoms with Crippen LogP contribution < -0.4 is 5.32 Å². The van der Waals surface area contributed by atoms with Crippen molar-refractivity contribution in [3.63, 3.8) is 0 Å². The van der Waals surface area contributed by atoms with E-state index in [4.69, 9.17) is 11.6 Å². The van der Waals surface area contributed by atoms with Crippen LogP contribution >= 0.6 is 11.6 Å². The van der Waals surface area contributed by atoms with Crippen LogP contribution in [0.3, 0.4) is 0 Å². The van der Waals surface area contributed by atoms with E-state index in [2.05, 4.69) is 15.5 Å². The molecule has 1 atom stereocenters. The zero-order chi connectivity index (χ0) is 23.1. The summed E-state index contributed by atoms with van der Waals surface area (Å²) in [6.07, 6.45) is 3.74. The van der Waals surface area contributed by atoms with Crippen molar-refractivity contribution in [2.45, 2.75) is 31.3 Å². The van der Waals surface area contributed by atoms with E-state index in [1.165, 1.54) is 29.4 Å². The molecule has 1 aliphatic rings. The molecular weight excluding hydrogens is 459 g/mol. The van der Waals surface area contributed by atoms with Crippen molar-refractivity contribution in [2.24, 2.45) is 0 Å². The molecule has 0 saturated carbocycles. The van der Waals surface area contributed by atoms with Gasteiger partial charge in [-0.15, -0.1) is 11.6 Å². The van der Waals surface area contributed by atoms with E-state index in [0.717, 1.165) is 0 Å². The summed E-state index contributed by atoms with van der Waals surface area (Å²) >= 11 is 5.84. The number of aromatic nitrogens is 2. The Kier molecular flexibility index (Phi) is 8.14. The minimum Gasteiger partial charge on any atom is -0.351 e. The first kappa shape index (κ1) is 24.1. The molecule has 1 saturated heterocycles. The Hall–Kier alpha value is -2.59. The molecule has 1 N–H and O–H groups in total. The SMILES string of the molecule is O=C(NC1CCS(=O)(=O)CC1)C(c1ccnnc1)N(CCc1cccc(F)c1)C(=O)CCl. The number of rotatable bonds is 8. The molecule has 1 aliphatic heterocycles. The van der Waals surface area contributed by atoms with Gasteiger partial charge in [0, 0.05) is 24.3 Å². The summed E-state index contributed by atoms with van der Waals surface area (Å²) in [5.41, 5.74) is 1.11. The summed E-state index contributed by atoms with van der Waals surface area (Å²) < 4.78 is 37.0. The number of alkyl halides is 1. The fraction of sp³-hybridized carbons (Fsp3) is 0.429. The minimum absolute atomic E-state index is 0.00330. The van der Waals surface area contributed by atoms with Crippen molar-refractivity contribution < 1.29 is 22.4 Å². The summed E-state index contributed by atoms with van der Waals surface area (Å²) in [7, 11) is -3.08. The summed E-state index contributed by atoms with van der Waals surface area (Å²) in [6, 6.07) is 6.23. The number of carbonyl (C=O) groups is 2. The number of nitrogens with zero attached hydrogens (tertiary/aromatic N) is 3. The second-order valence-electron chi connectivity index (χ2n) is 7.61. The maximum Gasteiger partial charge on any atom is 0.247 e. The van der Waals surface area contributed by atoms with Gasteiger partial charge in [0.15, 0.2) is 0 Å². The van der Waals surface area contributed by atoms with E-state index in [1.807, 2.05) is 0 Å². The third kappa shape index (κ3) is 6.46. The highest BCUT2D eigenvalue weighted by molar-refractivity contribution is 7.91. The van der Waals surface area contributed by atoms with Crippen molar-refractivity contribution in [1.82, 2.24) is 20.4 Å². The molecule has 32 heavy (non-hydrogen) atoms. The van der Waals surface area contributed by atoms with Crippen LogP contribution in [0.25, 0.3) is 0 Å². The molecule has 0 spiro atoms. The Morgan fingerprint density at radius 1 is 1.22 bits per heavy atom. The number of nitrogens with one attached hydrogen (secondary N) is 1. The molecule has 2 heterocycles. The van der Waals surface area contributed by atoms with Gasteiger partial charge in [-0.1, -0.05) is 12.1 Å². The average molecular weight is 483 g/mol. The van der Waals surface area contributed by atoms with Gasteiger partial charge in [0.2, 0.25) is 11.8 Å². The first-order valence-electron chi connectivity index (χ1n) is 10.2. The molecule has 0 bridgehead atoms. The van der Waals surface area contributed by atoms with Crippen LogP contribution in [0.15, 0.2) is 42.7 Å². The Morgan fingerprint density at radius 3 is 2.59 bits per heavy atom. The van der Waals surface area contributed by atoms with Gasteiger partial charge < -0.3 is 10.2 Å². The number of amides is 2. The Bertz CT molecular complexity index is 1040. The molecule has 0 aliphatic carbocycles. The third-order valence-corrected chi connectivity index (χ3v) is 7.29. The van der Waals surface area contributed by atoms with E-state index in [0.29, 0.717) is 30.4 Å². The predicted octanol–water partition coefficient (Wildman–Crippen LogP) is 1.66. The molecule has 172 valence electrons. The third-order valence-electron chi connectivity index (χ3n) is 5.35. The largest absolute Gasteiger partial charge is 0.351 e. The molecule has 3 rings (SSSR count). The normalized spacial score (nSPS) is 16.8. The predicted molar refractivity (Wildman–Crippen MR) is 117 cm³/mol. The molecule has 0 radical (unpaired) electrons. The van der Waals surface area contributed by atoms with Gasteiger partial charge in [-0.3, -0.25) is 9.59 Å². The number of hydrogen-bond acceptors (Lipinski definition) is 6. The standard InChI is InChI=1S/C21H24ClFN4O4S/c22-13-19(28)27(9-5-15-2-1-3-17(23)12-15)20(16-4-8-24-25-14-16)21(29)26-18-6-10-32(30,31)11-7-18/h1-4,8,12,14,18,20H,5-7,9-11,13H2,(H,26,29). The molecule has 1 aromatic heterocycles. The fourth-order valence-corrected chi connectivity index (χ4v) is 5.31. The molecule has 1 unspecified atom stereocenters. The lowest BCUT2D eigenvalue weighted by Crippen LogP contribution is -2.49. The van der Waals surface area contributed by atoms with Crippen LogP contribution in [0.4, 0.5) is 4.39 Å². The second-order valence-corrected chi connectivity index (χ2v) is 10.2. The monoisotopic (exact) mass is 482 g/mol. The zero-order valence-corrected chi connectivity index (χ0v) is 18.9. The summed E-state index contributed by atoms with van der Waals surface area (Å²) in [4.78, 5) is 27.4. The number of benzene rings is 1. The van der Waals surface area contributed by atoms with Gasteiger partial charge in [0.25, 0.3) is 0 Å². The maximum atomic E-state index is 13.6. The molecule has 2 aromatic rings. The number of sulfone groups is 1. The first-order chi connectivity index (χ1) is 15.3. The average Bonchev–Trinajstić information content (AvgIpc) is 2.78. The van der Waals surface area contributed by atoms with Gasteiger partial charge in [-0.05, 0) is 43.0 Å². The lowest BCUT2D eigenvalue weighted by Gasteiger charge is -2.33. The Balaban J connectivity index is 1.83. The highest BCUT2D eigenvalue weighted by Gasteiger charge is 2.33. The van der Waals surface area contributed by atoms with Gasteiger partial charge in [0.05, 0.1) is 17.7 Å². The van der Waals surface area contributed by atoms with Crippen molar-refractivity contribution in [2.75, 3.05) is 23.9 Å². The zero-order valence-electron chi connectivity index (χ0n) is 17.3. The quantitative estimate of drug-likeness (QED) is 0.573. The first-order valence-corrected chi connectivity index (χ1v) is 12.5. The van der Waals surface area contributed by atoms with Crippen LogP contribution in [0.2, 0.25) is 0 Å². The van der Waals surface area contributed by atoms with E-state index in [1.54, 1.807) is 18.2 Å². The Morgan fingerprint density at radius 2 is 1.97 bits per heavy atom. The fourth-order valence-electron chi connectivity index (χ4n) is 3.67. The van der Waals surface area contributed by atoms with Crippen LogP contribution in [0, 0.1) is 5.82 Å². The topological polar surface area (TPSA) is 109 Å². The van der Waals surface area contributed by atoms with E-state index in [-0.39, 0.29) is 30.0 Å². The summed E-state index contributed by atoms with van der Waals surface area (Å²) in [5, 5.41) is 10.4. The number of hydrogen-bond donors (Lipinski definition) is 1. The van der Waals surface area contributed by atoms with E-state index < -0.39 is 33.5 Å². The van der Waals surface area contributed by atoms with Crippen molar-refractivity contribution in [1.29, 1.82) is 0 Å². The maximum absolute atomic E-state index is 13.6. The highest BCUT2D eigenvalue weighted by Crippen LogP contribution is 2.23. The smallest absolute Gasteiger partial charge is 0.247 e. The van der Waals surface area contributed by atoms with Gasteiger partial charge in [-0.2, -0.15) is 10.2 Å². The van der Waals surface area contributed by atoms with Crippen LogP contribution in [0.5, 0.6) is 0 Å². The van der Waals surface area contributed by atoms with Crippen LogP contribution in [-0.4, -0.2) is 65.3 Å². The second kappa shape index (κ2) is 10.8. The van der Waals surface area contributed by atoms with E-state index >= 15 is 0 Å². The van der Waals surface area contributed by atoms with Crippen LogP contribution in [-0.2, 0) is 25.8 Å². The lowest BCUT2D eigenvalue weighted by atomic mass is 10.0. The van der Waals surface area contributed by atoms with Gasteiger partial charge in [-0.25, -0.2) is 12.8 Å². The molecule has 1 aromatic carbocycles. The van der Waals surface area contributed by atoms with Crippen molar-refractivity contribution in [3.05, 3.63) is 59.7 Å². The molecule has 8 nitrogen and oxygen atoms in total. The van der Waals surface area contributed by atoms with Crippen LogP contribution in [0.1, 0.15) is 30.0 Å². The van der Waals surface area contributed by atoms with Crippen molar-refractivity contribution in [3.8, 4) is 0 Å². The highest BCUT2D eigenvalue weighted by atomic mass is 35.5. The Labute approximate surface area is 191 Å². The molecule has 2 amide bonds. The van der Waals surface area contributed by atoms with E-state index in [9.17, 15) is 22.4 Å². The molecular formula is C21H24ClFN4O4S.